The lowest BCUT2D eigenvalue weighted by molar-refractivity contribution is 0.795. The molecule has 0 fully saturated rings. The predicted octanol–water partition coefficient (Wildman–Crippen LogP) is 1.38. The molecule has 116 valence electrons. The van der Waals surface area contributed by atoms with E-state index in [0.29, 0.717) is 28.0 Å². The zero-order valence-electron chi connectivity index (χ0n) is 13.0. The molecule has 0 saturated heterocycles. The number of aromatic nitrogens is 4. The van der Waals surface area contributed by atoms with E-state index >= 15 is 0 Å². The molecule has 3 aromatic rings. The Morgan fingerprint density at radius 2 is 2.04 bits per heavy atom. The highest BCUT2D eigenvalue weighted by Crippen LogP contribution is 2.25. The largest absolute Gasteiger partial charge is 0.338 e. The maximum Gasteiger partial charge on any atom is 0.278 e. The average molecular weight is 309 g/mol. The van der Waals surface area contributed by atoms with Crippen LogP contribution in [0.15, 0.2) is 34.1 Å². The van der Waals surface area contributed by atoms with Crippen LogP contribution < -0.4 is 11.1 Å². The van der Waals surface area contributed by atoms with Crippen molar-refractivity contribution in [3.8, 4) is 17.3 Å². The molecule has 7 heteroatoms. The first-order chi connectivity index (χ1) is 10.9. The molecule has 3 heterocycles. The van der Waals surface area contributed by atoms with Gasteiger partial charge in [-0.3, -0.25) is 9.59 Å². The SMILES string of the molecule is CC(C)c1c(-c2ccc(=O)n(C)c2)[nH]c2c(C#N)cnn2c1=O. The number of pyridine rings is 1. The second-order valence-corrected chi connectivity index (χ2v) is 5.67. The van der Waals surface area contributed by atoms with Crippen molar-refractivity contribution in [1.29, 1.82) is 5.26 Å². The number of H-pyrrole nitrogens is 1. The normalized spacial score (nSPS) is 11.1. The topological polar surface area (TPSA) is 95.9 Å². The van der Waals surface area contributed by atoms with E-state index in [4.69, 9.17) is 5.26 Å². The van der Waals surface area contributed by atoms with Crippen molar-refractivity contribution in [3.63, 3.8) is 0 Å². The Balaban J connectivity index is 2.44. The van der Waals surface area contributed by atoms with E-state index < -0.39 is 0 Å². The van der Waals surface area contributed by atoms with Crippen molar-refractivity contribution < 1.29 is 0 Å². The first-order valence-electron chi connectivity index (χ1n) is 7.15. The highest BCUT2D eigenvalue weighted by Gasteiger charge is 2.19. The summed E-state index contributed by atoms with van der Waals surface area (Å²) in [7, 11) is 1.65. The summed E-state index contributed by atoms with van der Waals surface area (Å²) in [5.41, 5.74) is 2.12. The van der Waals surface area contributed by atoms with Gasteiger partial charge in [0.15, 0.2) is 5.65 Å². The summed E-state index contributed by atoms with van der Waals surface area (Å²) in [6.07, 6.45) is 3.03. The van der Waals surface area contributed by atoms with E-state index in [-0.39, 0.29) is 17.0 Å². The highest BCUT2D eigenvalue weighted by atomic mass is 16.1. The maximum absolute atomic E-state index is 12.7. The van der Waals surface area contributed by atoms with Gasteiger partial charge >= 0.3 is 0 Å². The second-order valence-electron chi connectivity index (χ2n) is 5.67. The van der Waals surface area contributed by atoms with E-state index in [9.17, 15) is 9.59 Å². The molecule has 0 radical (unpaired) electrons. The third kappa shape index (κ3) is 2.25. The fourth-order valence-corrected chi connectivity index (χ4v) is 2.62. The van der Waals surface area contributed by atoms with Gasteiger partial charge in [0.2, 0.25) is 5.56 Å². The fourth-order valence-electron chi connectivity index (χ4n) is 2.62. The van der Waals surface area contributed by atoms with Gasteiger partial charge in [0.25, 0.3) is 5.56 Å². The molecular weight excluding hydrogens is 294 g/mol. The van der Waals surface area contributed by atoms with Crippen LogP contribution in [-0.4, -0.2) is 19.2 Å². The number of nitriles is 1. The zero-order valence-corrected chi connectivity index (χ0v) is 13.0. The summed E-state index contributed by atoms with van der Waals surface area (Å²) in [6, 6.07) is 5.13. The first-order valence-corrected chi connectivity index (χ1v) is 7.15. The molecule has 7 nitrogen and oxygen atoms in total. The van der Waals surface area contributed by atoms with E-state index in [2.05, 4.69) is 10.1 Å². The average Bonchev–Trinajstić information content (AvgIpc) is 2.92. The summed E-state index contributed by atoms with van der Waals surface area (Å²) in [5, 5.41) is 13.2. The van der Waals surface area contributed by atoms with Crippen LogP contribution >= 0.6 is 0 Å². The van der Waals surface area contributed by atoms with Gasteiger partial charge in [-0.25, -0.2) is 0 Å². The molecule has 0 aliphatic heterocycles. The van der Waals surface area contributed by atoms with Crippen LogP contribution in [0.4, 0.5) is 0 Å². The van der Waals surface area contributed by atoms with E-state index in [1.54, 1.807) is 19.3 Å². The van der Waals surface area contributed by atoms with Gasteiger partial charge < -0.3 is 9.55 Å². The first kappa shape index (κ1) is 14.8. The Morgan fingerprint density at radius 3 is 2.65 bits per heavy atom. The lowest BCUT2D eigenvalue weighted by atomic mass is 9.99. The number of nitrogens with zero attached hydrogens (tertiary/aromatic N) is 4. The molecular formula is C16H15N5O2. The molecule has 3 rings (SSSR count). The molecule has 0 amide bonds. The van der Waals surface area contributed by atoms with Crippen molar-refractivity contribution in [2.75, 3.05) is 0 Å². The second kappa shape index (κ2) is 5.25. The maximum atomic E-state index is 12.7. The van der Waals surface area contributed by atoms with Gasteiger partial charge in [-0.15, -0.1) is 0 Å². The number of hydrogen-bond donors (Lipinski definition) is 1. The standard InChI is InChI=1S/C16H15N5O2/c1-9(2)13-14(10-4-5-12(22)20(3)8-10)19-15-11(6-17)7-18-21(15)16(13)23/h4-5,7-9,19H,1-3H3. The lowest BCUT2D eigenvalue weighted by Gasteiger charge is -2.13. The Bertz CT molecular complexity index is 1060. The minimum Gasteiger partial charge on any atom is -0.338 e. The molecule has 23 heavy (non-hydrogen) atoms. The van der Waals surface area contributed by atoms with E-state index in [1.165, 1.54) is 21.3 Å². The van der Waals surface area contributed by atoms with Gasteiger partial charge in [0.05, 0.1) is 11.9 Å². The smallest absolute Gasteiger partial charge is 0.278 e. The Hall–Kier alpha value is -3.14. The molecule has 0 aromatic carbocycles. The van der Waals surface area contributed by atoms with Crippen LogP contribution in [0.2, 0.25) is 0 Å². The van der Waals surface area contributed by atoms with Crippen molar-refractivity contribution in [2.45, 2.75) is 19.8 Å². The molecule has 0 aliphatic rings. The van der Waals surface area contributed by atoms with Crippen LogP contribution in [-0.2, 0) is 7.05 Å². The molecule has 0 atom stereocenters. The molecule has 0 aliphatic carbocycles. The molecule has 0 bridgehead atoms. The minimum absolute atomic E-state index is 0.0508. The monoisotopic (exact) mass is 309 g/mol. The van der Waals surface area contributed by atoms with E-state index in [0.717, 1.165) is 0 Å². The Labute approximate surface area is 131 Å². The highest BCUT2D eigenvalue weighted by molar-refractivity contribution is 5.67. The minimum atomic E-state index is -0.265. The van der Waals surface area contributed by atoms with Crippen molar-refractivity contribution in [3.05, 3.63) is 56.4 Å². The Kier molecular flexibility index (Phi) is 3.37. The van der Waals surface area contributed by atoms with Gasteiger partial charge in [-0.05, 0) is 12.0 Å². The van der Waals surface area contributed by atoms with Gasteiger partial charge in [-0.1, -0.05) is 13.8 Å². The third-order valence-corrected chi connectivity index (χ3v) is 3.78. The Morgan fingerprint density at radius 1 is 1.30 bits per heavy atom. The van der Waals surface area contributed by atoms with Gasteiger partial charge in [0.1, 0.15) is 11.6 Å². The number of hydrogen-bond acceptors (Lipinski definition) is 4. The van der Waals surface area contributed by atoms with Crippen molar-refractivity contribution >= 4 is 5.65 Å². The molecule has 0 unspecified atom stereocenters. The number of fused-ring (bicyclic) bond motifs is 1. The summed E-state index contributed by atoms with van der Waals surface area (Å²) in [6.45, 7) is 3.83. The number of aromatic amines is 1. The lowest BCUT2D eigenvalue weighted by Crippen LogP contribution is -2.23. The van der Waals surface area contributed by atoms with Crippen LogP contribution in [0.3, 0.4) is 0 Å². The number of nitrogens with one attached hydrogen (secondary N) is 1. The van der Waals surface area contributed by atoms with Gasteiger partial charge in [-0.2, -0.15) is 14.9 Å². The summed E-state index contributed by atoms with van der Waals surface area (Å²) >= 11 is 0. The zero-order chi connectivity index (χ0) is 16.7. The molecule has 1 N–H and O–H groups in total. The van der Waals surface area contributed by atoms with Crippen molar-refractivity contribution in [1.82, 2.24) is 19.2 Å². The third-order valence-electron chi connectivity index (χ3n) is 3.78. The fraction of sp³-hybridized carbons (Fsp3) is 0.250. The number of aryl methyl sites for hydroxylation is 1. The van der Waals surface area contributed by atoms with E-state index in [1.807, 2.05) is 19.9 Å². The summed E-state index contributed by atoms with van der Waals surface area (Å²) in [4.78, 5) is 27.5. The predicted molar refractivity (Wildman–Crippen MR) is 85.3 cm³/mol. The van der Waals surface area contributed by atoms with Crippen LogP contribution in [0.5, 0.6) is 0 Å². The molecule has 0 spiro atoms. The van der Waals surface area contributed by atoms with Crippen molar-refractivity contribution in [2.24, 2.45) is 7.05 Å². The van der Waals surface area contributed by atoms with Gasteiger partial charge in [0, 0.05) is 30.4 Å². The summed E-state index contributed by atoms with van der Waals surface area (Å²) in [5.74, 6) is -0.0508. The van der Waals surface area contributed by atoms with Crippen LogP contribution in [0.25, 0.3) is 16.9 Å². The molecule has 3 aromatic heterocycles. The van der Waals surface area contributed by atoms with Crippen LogP contribution in [0, 0.1) is 11.3 Å². The summed E-state index contributed by atoms with van der Waals surface area (Å²) < 4.78 is 2.66. The molecule has 0 saturated carbocycles. The quantitative estimate of drug-likeness (QED) is 0.773. The number of rotatable bonds is 2. The van der Waals surface area contributed by atoms with Crippen LogP contribution in [0.1, 0.15) is 30.9 Å².